The van der Waals surface area contributed by atoms with E-state index in [1.807, 2.05) is 0 Å². The number of rotatable bonds is 5. The van der Waals surface area contributed by atoms with Crippen molar-refractivity contribution in [2.45, 2.75) is 63.5 Å². The van der Waals surface area contributed by atoms with Gasteiger partial charge in [-0.05, 0) is 68.8 Å². The van der Waals surface area contributed by atoms with Crippen molar-refractivity contribution in [1.29, 1.82) is 0 Å². The largest absolute Gasteiger partial charge is 0.395 e. The molecule has 4 nitrogen and oxygen atoms in total. The molecule has 0 spiro atoms. The summed E-state index contributed by atoms with van der Waals surface area (Å²) < 4.78 is 5.56. The summed E-state index contributed by atoms with van der Waals surface area (Å²) in [6.07, 6.45) is 6.96. The Morgan fingerprint density at radius 3 is 2.60 bits per heavy atom. The van der Waals surface area contributed by atoms with E-state index in [4.69, 9.17) is 4.74 Å². The summed E-state index contributed by atoms with van der Waals surface area (Å²) in [5, 5.41) is 10.2. The second kappa shape index (κ2) is 10.8. The van der Waals surface area contributed by atoms with Crippen LogP contribution in [0.1, 0.15) is 62.5 Å². The molecule has 1 aromatic carbocycles. The highest BCUT2D eigenvalue weighted by Crippen LogP contribution is 2.42. The first-order valence-electron chi connectivity index (χ1n) is 12.1. The maximum atomic E-state index is 10.2. The number of fused-ring (bicyclic) bond motifs is 1. The molecule has 1 N–H and O–H groups in total. The van der Waals surface area contributed by atoms with Crippen molar-refractivity contribution < 1.29 is 9.84 Å². The summed E-state index contributed by atoms with van der Waals surface area (Å²) >= 11 is 0. The van der Waals surface area contributed by atoms with Crippen LogP contribution in [0.3, 0.4) is 0 Å². The Kier molecular flexibility index (Phi) is 7.84. The minimum Gasteiger partial charge on any atom is -0.395 e. The molecule has 0 aromatic heterocycles. The van der Waals surface area contributed by atoms with Gasteiger partial charge in [-0.15, -0.1) is 0 Å². The van der Waals surface area contributed by atoms with Gasteiger partial charge in [-0.25, -0.2) is 0 Å². The van der Waals surface area contributed by atoms with E-state index in [9.17, 15) is 5.11 Å². The van der Waals surface area contributed by atoms with E-state index in [-0.39, 0.29) is 12.6 Å². The number of nitrogens with zero attached hydrogens (tertiary/aromatic N) is 2. The van der Waals surface area contributed by atoms with E-state index in [1.54, 1.807) is 0 Å². The molecule has 3 heterocycles. The van der Waals surface area contributed by atoms with Crippen molar-refractivity contribution in [3.63, 3.8) is 0 Å². The van der Waals surface area contributed by atoms with Crippen LogP contribution in [-0.4, -0.2) is 73.0 Å². The van der Waals surface area contributed by atoms with E-state index in [1.165, 1.54) is 44.3 Å². The summed E-state index contributed by atoms with van der Waals surface area (Å²) in [5.74, 6) is 7.71. The quantitative estimate of drug-likeness (QED) is 0.754. The van der Waals surface area contributed by atoms with Crippen LogP contribution >= 0.6 is 0 Å². The van der Waals surface area contributed by atoms with Crippen LogP contribution in [0, 0.1) is 17.8 Å². The smallest absolute Gasteiger partial charge is 0.0593 e. The van der Waals surface area contributed by atoms with Crippen LogP contribution in [0.4, 0.5) is 0 Å². The predicted molar refractivity (Wildman–Crippen MR) is 122 cm³/mol. The number of unbranched alkanes of at least 4 members (excludes halogenated alkanes) is 1. The van der Waals surface area contributed by atoms with E-state index in [0.717, 1.165) is 50.6 Å². The Morgan fingerprint density at radius 1 is 1.10 bits per heavy atom. The fourth-order valence-corrected chi connectivity index (χ4v) is 5.55. The van der Waals surface area contributed by atoms with E-state index in [0.29, 0.717) is 12.0 Å². The van der Waals surface area contributed by atoms with Gasteiger partial charge in [0.1, 0.15) is 0 Å². The Labute approximate surface area is 182 Å². The molecule has 30 heavy (non-hydrogen) atoms. The highest BCUT2D eigenvalue weighted by Gasteiger charge is 2.49. The van der Waals surface area contributed by atoms with Gasteiger partial charge in [-0.3, -0.25) is 4.90 Å². The number of ether oxygens (including phenoxy) is 1. The van der Waals surface area contributed by atoms with E-state index >= 15 is 0 Å². The molecule has 0 unspecified atom stereocenters. The molecule has 3 aliphatic heterocycles. The van der Waals surface area contributed by atoms with Crippen molar-refractivity contribution in [3.05, 3.63) is 35.4 Å². The Hall–Kier alpha value is -1.38. The average Bonchev–Trinajstić information content (AvgIpc) is 2.76. The van der Waals surface area contributed by atoms with Crippen molar-refractivity contribution in [3.8, 4) is 11.8 Å². The van der Waals surface area contributed by atoms with Crippen LogP contribution < -0.4 is 0 Å². The van der Waals surface area contributed by atoms with Crippen molar-refractivity contribution in [2.24, 2.45) is 5.92 Å². The summed E-state index contributed by atoms with van der Waals surface area (Å²) in [6.45, 7) is 8.93. The average molecular weight is 411 g/mol. The van der Waals surface area contributed by atoms with Crippen molar-refractivity contribution in [1.82, 2.24) is 9.80 Å². The molecule has 3 saturated heterocycles. The van der Waals surface area contributed by atoms with Gasteiger partial charge in [0.25, 0.3) is 0 Å². The number of benzene rings is 1. The zero-order chi connectivity index (χ0) is 20.8. The number of aliphatic hydroxyl groups is 1. The molecule has 0 amide bonds. The van der Waals surface area contributed by atoms with Gasteiger partial charge < -0.3 is 14.7 Å². The van der Waals surface area contributed by atoms with Crippen LogP contribution in [0.2, 0.25) is 0 Å². The first kappa shape index (κ1) is 21.8. The molecule has 0 aliphatic carbocycles. The Balaban J connectivity index is 1.46. The number of hydrogen-bond donors (Lipinski definition) is 1. The SMILES string of the molecule is CCCC#Cc1ccc([C@H]2[C@H]3CN(CC4CCOCC4)CCCCN3[C@H]2CO)cc1. The van der Waals surface area contributed by atoms with Crippen LogP contribution in [0.5, 0.6) is 0 Å². The molecule has 0 radical (unpaired) electrons. The van der Waals surface area contributed by atoms with Crippen LogP contribution in [-0.2, 0) is 4.74 Å². The maximum absolute atomic E-state index is 10.2. The van der Waals surface area contributed by atoms with Gasteiger partial charge in [0.15, 0.2) is 0 Å². The molecule has 3 aliphatic rings. The second-order valence-corrected chi connectivity index (χ2v) is 9.28. The van der Waals surface area contributed by atoms with Gasteiger partial charge in [-0.2, -0.15) is 0 Å². The standard InChI is InChI=1S/C26H38N2O2/c1-2-3-4-7-21-8-10-23(11-9-21)26-24-19-27(18-22-12-16-30-17-13-22)14-5-6-15-28(24)25(26)20-29/h8-11,22,24-26,29H,2-3,5-6,12-20H2,1H3/t24-,25+,26+/m1/s1. The molecule has 3 fully saturated rings. The van der Waals surface area contributed by atoms with Gasteiger partial charge in [0.05, 0.1) is 6.61 Å². The lowest BCUT2D eigenvalue weighted by atomic mass is 9.74. The fraction of sp³-hybridized carbons (Fsp3) is 0.692. The minimum atomic E-state index is 0.249. The van der Waals surface area contributed by atoms with Crippen molar-refractivity contribution >= 4 is 0 Å². The molecule has 0 bridgehead atoms. The summed E-state index contributed by atoms with van der Waals surface area (Å²) in [5.41, 5.74) is 2.46. The summed E-state index contributed by atoms with van der Waals surface area (Å²) in [7, 11) is 0. The van der Waals surface area contributed by atoms with Crippen LogP contribution in [0.15, 0.2) is 24.3 Å². The third-order valence-corrected chi connectivity index (χ3v) is 7.21. The third kappa shape index (κ3) is 5.08. The maximum Gasteiger partial charge on any atom is 0.0593 e. The normalized spacial score (nSPS) is 28.5. The second-order valence-electron chi connectivity index (χ2n) is 9.28. The molecule has 0 saturated carbocycles. The monoisotopic (exact) mass is 410 g/mol. The van der Waals surface area contributed by atoms with Crippen LogP contribution in [0.25, 0.3) is 0 Å². The van der Waals surface area contributed by atoms with Gasteiger partial charge >= 0.3 is 0 Å². The van der Waals surface area contributed by atoms with E-state index in [2.05, 4.69) is 52.8 Å². The zero-order valence-electron chi connectivity index (χ0n) is 18.6. The molecular formula is C26H38N2O2. The molecule has 3 atom stereocenters. The highest BCUT2D eigenvalue weighted by atomic mass is 16.5. The number of hydrogen-bond acceptors (Lipinski definition) is 4. The Morgan fingerprint density at radius 2 is 1.87 bits per heavy atom. The lowest BCUT2D eigenvalue weighted by molar-refractivity contribution is -0.0677. The first-order chi connectivity index (χ1) is 14.8. The Bertz CT molecular complexity index is 717. The van der Waals surface area contributed by atoms with Gasteiger partial charge in [0.2, 0.25) is 0 Å². The molecule has 4 heteroatoms. The third-order valence-electron chi connectivity index (χ3n) is 7.21. The van der Waals surface area contributed by atoms with Gasteiger partial charge in [-0.1, -0.05) is 30.9 Å². The highest BCUT2D eigenvalue weighted by molar-refractivity contribution is 5.39. The predicted octanol–water partition coefficient (Wildman–Crippen LogP) is 3.49. The topological polar surface area (TPSA) is 35.9 Å². The molecular weight excluding hydrogens is 372 g/mol. The van der Waals surface area contributed by atoms with Crippen molar-refractivity contribution in [2.75, 3.05) is 46.0 Å². The minimum absolute atomic E-state index is 0.249. The molecule has 164 valence electrons. The van der Waals surface area contributed by atoms with Gasteiger partial charge in [0, 0.05) is 56.3 Å². The lowest BCUT2D eigenvalue weighted by Crippen LogP contribution is -2.67. The lowest BCUT2D eigenvalue weighted by Gasteiger charge is -2.57. The number of aliphatic hydroxyl groups excluding tert-OH is 1. The summed E-state index contributed by atoms with van der Waals surface area (Å²) in [4.78, 5) is 5.29. The molecule has 1 aromatic rings. The first-order valence-corrected chi connectivity index (χ1v) is 12.1. The molecule has 4 rings (SSSR count). The zero-order valence-corrected chi connectivity index (χ0v) is 18.6. The van der Waals surface area contributed by atoms with E-state index < -0.39 is 0 Å². The fourth-order valence-electron chi connectivity index (χ4n) is 5.55. The summed E-state index contributed by atoms with van der Waals surface area (Å²) in [6, 6.07) is 9.61.